The van der Waals surface area contributed by atoms with Gasteiger partial charge in [0.2, 0.25) is 11.8 Å². The standard InChI is InChI=1S/C28H36N4O3/c1-31-17-21(15-22(29)18-31)19-5-7-23(8-6-19)32-13-11-24(12-14-32)35-25-4-2-3-20(16-25)26-9-10-27(33)30-28(26)34/h2-8,16,21-22,24,26H,9-15,17-18,29H2,1H3,(H,30,33,34)/t21-,22+,26?/m0/s1. The molecule has 7 heteroatoms. The Balaban J connectivity index is 1.15. The number of hydrogen-bond acceptors (Lipinski definition) is 6. The lowest BCUT2D eigenvalue weighted by Crippen LogP contribution is -2.44. The van der Waals surface area contributed by atoms with Crippen LogP contribution in [-0.2, 0) is 9.59 Å². The van der Waals surface area contributed by atoms with Crippen LogP contribution >= 0.6 is 0 Å². The maximum absolute atomic E-state index is 12.2. The minimum absolute atomic E-state index is 0.154. The zero-order valence-corrected chi connectivity index (χ0v) is 20.5. The second kappa shape index (κ2) is 10.4. The number of anilines is 1. The van der Waals surface area contributed by atoms with E-state index in [1.165, 1.54) is 11.3 Å². The van der Waals surface area contributed by atoms with Crippen molar-refractivity contribution in [1.29, 1.82) is 0 Å². The average molecular weight is 477 g/mol. The molecule has 3 heterocycles. The molecule has 2 aromatic carbocycles. The van der Waals surface area contributed by atoms with Crippen LogP contribution in [0, 0.1) is 0 Å². The van der Waals surface area contributed by atoms with Gasteiger partial charge in [-0.1, -0.05) is 24.3 Å². The van der Waals surface area contributed by atoms with Gasteiger partial charge >= 0.3 is 0 Å². The molecule has 3 N–H and O–H groups in total. The van der Waals surface area contributed by atoms with Gasteiger partial charge in [-0.25, -0.2) is 0 Å². The number of nitrogens with zero attached hydrogens (tertiary/aromatic N) is 2. The molecule has 3 atom stereocenters. The second-order valence-electron chi connectivity index (χ2n) is 10.4. The highest BCUT2D eigenvalue weighted by Crippen LogP contribution is 2.31. The van der Waals surface area contributed by atoms with Gasteiger partial charge in [-0.3, -0.25) is 14.9 Å². The van der Waals surface area contributed by atoms with Crippen molar-refractivity contribution in [3.63, 3.8) is 0 Å². The molecule has 3 aliphatic heterocycles. The van der Waals surface area contributed by atoms with Gasteiger partial charge in [0, 0.05) is 57.2 Å². The third kappa shape index (κ3) is 5.68. The molecule has 3 fully saturated rings. The molecule has 0 saturated carbocycles. The smallest absolute Gasteiger partial charge is 0.234 e. The van der Waals surface area contributed by atoms with E-state index in [0.717, 1.165) is 56.8 Å². The third-order valence-electron chi connectivity index (χ3n) is 7.64. The molecule has 2 aromatic rings. The summed E-state index contributed by atoms with van der Waals surface area (Å²) in [5.74, 6) is 0.617. The number of ether oxygens (including phenoxy) is 1. The van der Waals surface area contributed by atoms with Crippen molar-refractivity contribution in [2.75, 3.05) is 38.1 Å². The number of likely N-dealkylation sites (N-methyl/N-ethyl adjacent to an activating group) is 1. The molecular formula is C28H36N4O3. The van der Waals surface area contributed by atoms with Gasteiger partial charge in [-0.15, -0.1) is 0 Å². The van der Waals surface area contributed by atoms with Crippen LogP contribution in [0.5, 0.6) is 5.75 Å². The lowest BCUT2D eigenvalue weighted by molar-refractivity contribution is -0.134. The van der Waals surface area contributed by atoms with Crippen LogP contribution < -0.4 is 20.7 Å². The summed E-state index contributed by atoms with van der Waals surface area (Å²) in [5, 5.41) is 2.44. The van der Waals surface area contributed by atoms with Crippen LogP contribution in [0.1, 0.15) is 55.1 Å². The Morgan fingerprint density at radius 2 is 1.74 bits per heavy atom. The van der Waals surface area contributed by atoms with Crippen LogP contribution in [0.3, 0.4) is 0 Å². The first kappa shape index (κ1) is 23.8. The minimum Gasteiger partial charge on any atom is -0.490 e. The number of carbonyl (C=O) groups excluding carboxylic acids is 2. The predicted octanol–water partition coefficient (Wildman–Crippen LogP) is 3.00. The van der Waals surface area contributed by atoms with Gasteiger partial charge in [0.1, 0.15) is 11.9 Å². The summed E-state index contributed by atoms with van der Waals surface area (Å²) in [6.07, 6.45) is 4.04. The highest BCUT2D eigenvalue weighted by molar-refractivity contribution is 6.00. The lowest BCUT2D eigenvalue weighted by Gasteiger charge is -2.35. The van der Waals surface area contributed by atoms with Crippen LogP contribution in [0.4, 0.5) is 5.69 Å². The highest BCUT2D eigenvalue weighted by atomic mass is 16.5. The third-order valence-corrected chi connectivity index (χ3v) is 7.64. The first-order chi connectivity index (χ1) is 16.9. The predicted molar refractivity (Wildman–Crippen MR) is 137 cm³/mol. The largest absolute Gasteiger partial charge is 0.490 e. The van der Waals surface area contributed by atoms with Crippen molar-refractivity contribution in [2.24, 2.45) is 5.73 Å². The quantitative estimate of drug-likeness (QED) is 0.645. The summed E-state index contributed by atoms with van der Waals surface area (Å²) in [5.41, 5.74) is 9.79. The molecule has 3 aliphatic rings. The number of rotatable bonds is 5. The molecule has 5 rings (SSSR count). The zero-order chi connectivity index (χ0) is 24.4. The normalized spacial score (nSPS) is 26.5. The lowest BCUT2D eigenvalue weighted by atomic mass is 9.88. The summed E-state index contributed by atoms with van der Waals surface area (Å²) >= 11 is 0. The van der Waals surface area contributed by atoms with Gasteiger partial charge in [-0.05, 0) is 61.2 Å². The van der Waals surface area contributed by atoms with Crippen LogP contribution in [0.25, 0.3) is 0 Å². The van der Waals surface area contributed by atoms with Gasteiger partial charge in [-0.2, -0.15) is 0 Å². The van der Waals surface area contributed by atoms with Gasteiger partial charge in [0.15, 0.2) is 0 Å². The monoisotopic (exact) mass is 476 g/mol. The van der Waals surface area contributed by atoms with E-state index in [1.807, 2.05) is 24.3 Å². The molecule has 0 radical (unpaired) electrons. The number of amides is 2. The SMILES string of the molecule is CN1C[C@H](N)C[C@H](c2ccc(N3CCC(Oc4cccc(C5CCC(=O)NC5=O)c4)CC3)cc2)C1. The number of nitrogens with one attached hydrogen (secondary N) is 1. The van der Waals surface area contributed by atoms with Gasteiger partial charge < -0.3 is 20.3 Å². The molecule has 186 valence electrons. The zero-order valence-electron chi connectivity index (χ0n) is 20.5. The maximum Gasteiger partial charge on any atom is 0.234 e. The van der Waals surface area contributed by atoms with Crippen molar-refractivity contribution in [3.05, 3.63) is 59.7 Å². The topological polar surface area (TPSA) is 87.9 Å². The van der Waals surface area contributed by atoms with E-state index in [2.05, 4.69) is 46.4 Å². The number of nitrogens with two attached hydrogens (primary N) is 1. The van der Waals surface area contributed by atoms with E-state index in [0.29, 0.717) is 18.8 Å². The van der Waals surface area contributed by atoms with E-state index in [1.54, 1.807) is 0 Å². The van der Waals surface area contributed by atoms with E-state index < -0.39 is 0 Å². The van der Waals surface area contributed by atoms with E-state index in [4.69, 9.17) is 10.5 Å². The molecule has 0 aliphatic carbocycles. The Morgan fingerprint density at radius 3 is 2.46 bits per heavy atom. The fourth-order valence-electron chi connectivity index (χ4n) is 5.80. The summed E-state index contributed by atoms with van der Waals surface area (Å²) in [7, 11) is 2.15. The molecule has 35 heavy (non-hydrogen) atoms. The highest BCUT2D eigenvalue weighted by Gasteiger charge is 2.29. The first-order valence-corrected chi connectivity index (χ1v) is 12.8. The fourth-order valence-corrected chi connectivity index (χ4v) is 5.80. The number of hydrogen-bond donors (Lipinski definition) is 2. The number of carbonyl (C=O) groups is 2. The maximum atomic E-state index is 12.2. The summed E-state index contributed by atoms with van der Waals surface area (Å²) in [4.78, 5) is 28.4. The molecule has 3 saturated heterocycles. The second-order valence-corrected chi connectivity index (χ2v) is 10.4. The number of likely N-dealkylation sites (tertiary alicyclic amines) is 1. The average Bonchev–Trinajstić information content (AvgIpc) is 2.84. The van der Waals surface area contributed by atoms with E-state index >= 15 is 0 Å². The molecular weight excluding hydrogens is 440 g/mol. The van der Waals surface area contributed by atoms with Crippen LogP contribution in [0.2, 0.25) is 0 Å². The molecule has 0 bridgehead atoms. The number of imide groups is 1. The van der Waals surface area contributed by atoms with Crippen LogP contribution in [-0.4, -0.2) is 62.1 Å². The number of benzene rings is 2. The minimum atomic E-state index is -0.286. The Hall–Kier alpha value is -2.90. The summed E-state index contributed by atoms with van der Waals surface area (Å²) < 4.78 is 6.30. The van der Waals surface area contributed by atoms with E-state index in [-0.39, 0.29) is 29.9 Å². The summed E-state index contributed by atoms with van der Waals surface area (Å²) in [6.45, 7) is 3.95. The molecule has 2 amide bonds. The van der Waals surface area contributed by atoms with Gasteiger partial charge in [0.05, 0.1) is 5.92 Å². The Morgan fingerprint density at radius 1 is 0.971 bits per heavy atom. The summed E-state index contributed by atoms with van der Waals surface area (Å²) in [6, 6.07) is 17.1. The Bertz CT molecular complexity index is 1040. The van der Waals surface area contributed by atoms with Crippen molar-refractivity contribution in [1.82, 2.24) is 10.2 Å². The van der Waals surface area contributed by atoms with Crippen LogP contribution in [0.15, 0.2) is 48.5 Å². The molecule has 7 nitrogen and oxygen atoms in total. The molecule has 1 unspecified atom stereocenters. The fraction of sp³-hybridized carbons (Fsp3) is 0.500. The van der Waals surface area contributed by atoms with Crippen molar-refractivity contribution < 1.29 is 14.3 Å². The molecule has 0 aromatic heterocycles. The van der Waals surface area contributed by atoms with Gasteiger partial charge in [0.25, 0.3) is 0 Å². The first-order valence-electron chi connectivity index (χ1n) is 12.8. The Labute approximate surface area is 207 Å². The van der Waals surface area contributed by atoms with Crippen molar-refractivity contribution in [2.45, 2.75) is 56.1 Å². The Kier molecular flexibility index (Phi) is 7.07. The van der Waals surface area contributed by atoms with Crippen molar-refractivity contribution >= 4 is 17.5 Å². The van der Waals surface area contributed by atoms with Crippen molar-refractivity contribution in [3.8, 4) is 5.75 Å². The number of piperidine rings is 3. The molecule has 0 spiro atoms. The van der Waals surface area contributed by atoms with E-state index in [9.17, 15) is 9.59 Å².